The first-order valence-corrected chi connectivity index (χ1v) is 12.0. The van der Waals surface area contributed by atoms with Crippen molar-refractivity contribution in [1.82, 2.24) is 24.9 Å². The molecule has 2 aromatic rings. The van der Waals surface area contributed by atoms with Gasteiger partial charge >= 0.3 is 12.1 Å². The molecule has 34 heavy (non-hydrogen) atoms. The van der Waals surface area contributed by atoms with Gasteiger partial charge in [0.2, 0.25) is 0 Å². The van der Waals surface area contributed by atoms with Crippen molar-refractivity contribution in [2.45, 2.75) is 51.7 Å². The molecule has 2 aromatic heterocycles. The lowest BCUT2D eigenvalue weighted by Gasteiger charge is -2.29. The molecule has 0 unspecified atom stereocenters. The highest BCUT2D eigenvalue weighted by atomic mass is 16.6. The minimum Gasteiger partial charge on any atom is -0.488 e. The van der Waals surface area contributed by atoms with Crippen molar-refractivity contribution in [3.05, 3.63) is 23.5 Å². The van der Waals surface area contributed by atoms with Crippen LogP contribution >= 0.6 is 0 Å². The number of ether oxygens (including phenoxy) is 2. The second kappa shape index (κ2) is 8.88. The van der Waals surface area contributed by atoms with Gasteiger partial charge in [-0.05, 0) is 62.5 Å². The second-order valence-corrected chi connectivity index (χ2v) is 9.92. The molecule has 4 atom stereocenters. The summed E-state index contributed by atoms with van der Waals surface area (Å²) in [6.07, 6.45) is 4.59. The fourth-order valence-corrected chi connectivity index (χ4v) is 5.23. The molecule has 3 aliphatic rings. The predicted octanol–water partition coefficient (Wildman–Crippen LogP) is 3.04. The third-order valence-corrected chi connectivity index (χ3v) is 7.59. The van der Waals surface area contributed by atoms with E-state index in [0.717, 1.165) is 6.42 Å². The normalized spacial score (nSPS) is 25.4. The highest BCUT2D eigenvalue weighted by Crippen LogP contribution is 2.56. The molecular formula is C24H31N5O5. The van der Waals surface area contributed by atoms with Crippen molar-refractivity contribution in [3.8, 4) is 17.1 Å². The minimum absolute atomic E-state index is 0.0490. The van der Waals surface area contributed by atoms with Crippen LogP contribution in [0.1, 0.15) is 43.5 Å². The van der Waals surface area contributed by atoms with E-state index in [-0.39, 0.29) is 30.6 Å². The van der Waals surface area contributed by atoms with Crippen LogP contribution in [-0.4, -0.2) is 61.7 Å². The van der Waals surface area contributed by atoms with Crippen LogP contribution in [0.4, 0.5) is 4.79 Å². The van der Waals surface area contributed by atoms with E-state index in [9.17, 15) is 14.7 Å². The Kier molecular flexibility index (Phi) is 5.91. The predicted molar refractivity (Wildman–Crippen MR) is 121 cm³/mol. The Hall–Kier alpha value is -3.17. The average molecular weight is 470 g/mol. The molecule has 0 aliphatic heterocycles. The van der Waals surface area contributed by atoms with Crippen molar-refractivity contribution in [2.24, 2.45) is 30.7 Å². The fourth-order valence-electron chi connectivity index (χ4n) is 5.23. The number of fused-ring (bicyclic) bond motifs is 1. The number of hydrogen-bond acceptors (Lipinski definition) is 7. The summed E-state index contributed by atoms with van der Waals surface area (Å²) in [6, 6.07) is 3.66. The van der Waals surface area contributed by atoms with Gasteiger partial charge < -0.3 is 19.5 Å². The number of aryl methyl sites for hydroxylation is 2. The van der Waals surface area contributed by atoms with E-state index in [0.29, 0.717) is 53.3 Å². The smallest absolute Gasteiger partial charge is 0.409 e. The zero-order valence-electron chi connectivity index (χ0n) is 19.8. The molecule has 2 heterocycles. The Morgan fingerprint density at radius 3 is 2.68 bits per heavy atom. The van der Waals surface area contributed by atoms with Crippen molar-refractivity contribution < 1.29 is 24.2 Å². The third kappa shape index (κ3) is 4.33. The maximum atomic E-state index is 12.4. The van der Waals surface area contributed by atoms with Crippen LogP contribution in [-0.2, 0) is 23.2 Å². The molecule has 0 bridgehead atoms. The molecule has 182 valence electrons. The number of nitrogens with zero attached hydrogens (tertiary/aromatic N) is 5. The number of carboxylic acids is 1. The summed E-state index contributed by atoms with van der Waals surface area (Å²) in [4.78, 5) is 30.1. The molecule has 0 spiro atoms. The molecule has 5 rings (SSSR count). The van der Waals surface area contributed by atoms with Crippen LogP contribution in [0, 0.1) is 30.6 Å². The summed E-state index contributed by atoms with van der Waals surface area (Å²) in [5, 5.41) is 17.7. The largest absolute Gasteiger partial charge is 0.488 e. The number of carbonyl (C=O) groups is 2. The van der Waals surface area contributed by atoms with Gasteiger partial charge in [0.15, 0.2) is 0 Å². The van der Waals surface area contributed by atoms with Gasteiger partial charge in [0.05, 0.1) is 17.3 Å². The molecule has 1 N–H and O–H groups in total. The van der Waals surface area contributed by atoms with Gasteiger partial charge in [0, 0.05) is 20.6 Å². The average Bonchev–Trinajstić information content (AvgIpc) is 3.36. The molecule has 3 saturated carbocycles. The Bertz CT molecular complexity index is 1100. The first kappa shape index (κ1) is 22.6. The van der Waals surface area contributed by atoms with E-state index in [1.54, 1.807) is 23.7 Å². The monoisotopic (exact) mass is 469 g/mol. The van der Waals surface area contributed by atoms with Gasteiger partial charge in [-0.3, -0.25) is 4.79 Å². The topological polar surface area (TPSA) is 120 Å². The minimum atomic E-state index is -0.728. The van der Waals surface area contributed by atoms with Crippen molar-refractivity contribution >= 4 is 12.1 Å². The van der Waals surface area contributed by atoms with E-state index in [1.165, 1.54) is 19.3 Å². The summed E-state index contributed by atoms with van der Waals surface area (Å²) < 4.78 is 13.3. The van der Waals surface area contributed by atoms with Crippen LogP contribution in [0.15, 0.2) is 12.1 Å². The van der Waals surface area contributed by atoms with Crippen molar-refractivity contribution in [1.29, 1.82) is 0 Å². The van der Waals surface area contributed by atoms with E-state index >= 15 is 0 Å². The van der Waals surface area contributed by atoms with Crippen LogP contribution in [0.25, 0.3) is 11.4 Å². The van der Waals surface area contributed by atoms with E-state index in [2.05, 4.69) is 15.3 Å². The standard InChI is InChI=1S/C24H31N5O5/c1-13-20(34-21-10-17(23(30)31)15-9-16(15)21)8-7-18(25-13)22-19(29(3)27-26-22)12-33-24(32)28(2)11-14-5-4-6-14/h7-8,14-17,21H,4-6,9-12H2,1-3H3,(H,30,31)/t15-,16+,17+,21+/m1/s1. The zero-order valence-corrected chi connectivity index (χ0v) is 19.8. The first-order valence-electron chi connectivity index (χ1n) is 12.0. The van der Waals surface area contributed by atoms with Gasteiger partial charge in [-0.25, -0.2) is 14.5 Å². The molecule has 3 fully saturated rings. The van der Waals surface area contributed by atoms with Crippen LogP contribution in [0.3, 0.4) is 0 Å². The maximum absolute atomic E-state index is 12.4. The number of aromatic nitrogens is 4. The molecule has 3 aliphatic carbocycles. The Morgan fingerprint density at radius 2 is 2.03 bits per heavy atom. The number of hydrogen-bond donors (Lipinski definition) is 1. The summed E-state index contributed by atoms with van der Waals surface area (Å²) >= 11 is 0. The van der Waals surface area contributed by atoms with Gasteiger partial charge in [0.1, 0.15) is 29.8 Å². The van der Waals surface area contributed by atoms with Crippen LogP contribution < -0.4 is 4.74 Å². The second-order valence-electron chi connectivity index (χ2n) is 9.92. The maximum Gasteiger partial charge on any atom is 0.409 e. The third-order valence-electron chi connectivity index (χ3n) is 7.59. The molecule has 1 amide bonds. The molecule has 0 aromatic carbocycles. The SMILES string of the molecule is Cc1nc(-c2nnn(C)c2COC(=O)N(C)CC2CCC2)ccc1O[C@H]1C[C@H](C(=O)O)[C@@H]2C[C@@H]21. The first-order chi connectivity index (χ1) is 16.3. The van der Waals surface area contributed by atoms with Gasteiger partial charge in [-0.15, -0.1) is 5.10 Å². The molecule has 0 radical (unpaired) electrons. The van der Waals surface area contributed by atoms with E-state index in [4.69, 9.17) is 9.47 Å². The molecule has 10 heteroatoms. The lowest BCUT2D eigenvalue weighted by molar-refractivity contribution is -0.142. The number of amides is 1. The molecular weight excluding hydrogens is 438 g/mol. The number of rotatable bonds is 8. The summed E-state index contributed by atoms with van der Waals surface area (Å²) in [6.45, 7) is 2.62. The number of carboxylic acid groups (broad SMARTS) is 1. The van der Waals surface area contributed by atoms with Crippen molar-refractivity contribution in [2.75, 3.05) is 13.6 Å². The lowest BCUT2D eigenvalue weighted by Crippen LogP contribution is -2.34. The van der Waals surface area contributed by atoms with E-state index in [1.807, 2.05) is 19.1 Å². The van der Waals surface area contributed by atoms with Gasteiger partial charge in [-0.2, -0.15) is 0 Å². The Morgan fingerprint density at radius 1 is 1.24 bits per heavy atom. The molecule has 0 saturated heterocycles. The summed E-state index contributed by atoms with van der Waals surface area (Å²) in [5.74, 6) is 0.759. The highest BCUT2D eigenvalue weighted by molar-refractivity contribution is 5.72. The lowest BCUT2D eigenvalue weighted by atomic mass is 9.85. The summed E-state index contributed by atoms with van der Waals surface area (Å²) in [7, 11) is 3.52. The summed E-state index contributed by atoms with van der Waals surface area (Å²) in [5.41, 5.74) is 2.53. The van der Waals surface area contributed by atoms with Crippen LogP contribution in [0.5, 0.6) is 5.75 Å². The Labute approximate surface area is 198 Å². The molecule has 10 nitrogen and oxygen atoms in total. The number of pyridine rings is 1. The van der Waals surface area contributed by atoms with Crippen LogP contribution in [0.2, 0.25) is 0 Å². The quantitative estimate of drug-likeness (QED) is 0.626. The zero-order chi connectivity index (χ0) is 24.0. The van der Waals surface area contributed by atoms with Gasteiger partial charge in [0.25, 0.3) is 0 Å². The van der Waals surface area contributed by atoms with E-state index < -0.39 is 5.97 Å². The fraction of sp³-hybridized carbons (Fsp3) is 0.625. The number of carbonyl (C=O) groups excluding carboxylic acids is 1. The highest BCUT2D eigenvalue weighted by Gasteiger charge is 2.58. The van der Waals surface area contributed by atoms with Crippen molar-refractivity contribution in [3.63, 3.8) is 0 Å². The Balaban J connectivity index is 1.24. The number of aliphatic carboxylic acids is 1. The van der Waals surface area contributed by atoms with Gasteiger partial charge in [-0.1, -0.05) is 11.6 Å².